The Labute approximate surface area is 102 Å². The molecule has 0 N–H and O–H groups in total. The number of benzene rings is 1. The number of nitrogens with zero attached hydrogens (tertiary/aromatic N) is 2. The fraction of sp³-hybridized carbons (Fsp3) is 0.500. The molecule has 0 radical (unpaired) electrons. The van der Waals surface area contributed by atoms with E-state index in [9.17, 15) is 4.79 Å². The van der Waals surface area contributed by atoms with Crippen molar-refractivity contribution in [1.82, 2.24) is 9.13 Å². The zero-order valence-electron chi connectivity index (χ0n) is 11.0. The smallest absolute Gasteiger partial charge is 0.295 e. The highest BCUT2D eigenvalue weighted by atomic mass is 16.1. The summed E-state index contributed by atoms with van der Waals surface area (Å²) in [7, 11) is 1.83. The van der Waals surface area contributed by atoms with Crippen LogP contribution in [-0.2, 0) is 13.6 Å². The number of imidazole rings is 1. The summed E-state index contributed by atoms with van der Waals surface area (Å²) in [6.07, 6.45) is 1.00. The summed E-state index contributed by atoms with van der Waals surface area (Å²) in [5, 5.41) is 0. The van der Waals surface area contributed by atoms with Gasteiger partial charge in [-0.2, -0.15) is 0 Å². The molecule has 0 aliphatic carbocycles. The van der Waals surface area contributed by atoms with Crippen LogP contribution in [0.5, 0.6) is 0 Å². The van der Waals surface area contributed by atoms with Gasteiger partial charge in [0.2, 0.25) is 0 Å². The Morgan fingerprint density at radius 3 is 2.29 bits per heavy atom. The molecule has 0 saturated carbocycles. The number of hydrogen-bond donors (Lipinski definition) is 0. The van der Waals surface area contributed by atoms with Crippen LogP contribution in [0.4, 0.5) is 0 Å². The van der Waals surface area contributed by atoms with Crippen molar-refractivity contribution in [2.45, 2.75) is 33.7 Å². The van der Waals surface area contributed by atoms with E-state index in [4.69, 9.17) is 0 Å². The molecule has 17 heavy (non-hydrogen) atoms. The molecule has 2 rings (SSSR count). The van der Waals surface area contributed by atoms with Crippen LogP contribution in [-0.4, -0.2) is 9.13 Å². The van der Waals surface area contributed by atoms with Gasteiger partial charge < -0.3 is 0 Å². The predicted octanol–water partition coefficient (Wildman–Crippen LogP) is 2.78. The highest BCUT2D eigenvalue weighted by Gasteiger charge is 2.14. The third-order valence-electron chi connectivity index (χ3n) is 3.14. The van der Waals surface area contributed by atoms with Crippen molar-refractivity contribution < 1.29 is 0 Å². The number of fused-ring (bicyclic) bond motifs is 1. The maximum Gasteiger partial charge on any atom is 0.328 e. The molecule has 3 heteroatoms. The number of para-hydroxylation sites is 2. The van der Waals surface area contributed by atoms with E-state index in [0.717, 1.165) is 24.0 Å². The molecule has 0 amide bonds. The van der Waals surface area contributed by atoms with Gasteiger partial charge in [-0.1, -0.05) is 32.9 Å². The Balaban J connectivity index is 2.47. The van der Waals surface area contributed by atoms with Gasteiger partial charge >= 0.3 is 5.69 Å². The van der Waals surface area contributed by atoms with Gasteiger partial charge in [-0.25, -0.2) is 4.79 Å². The van der Waals surface area contributed by atoms with E-state index in [1.807, 2.05) is 35.9 Å². The average molecular weight is 232 g/mol. The molecule has 0 aliphatic rings. The molecule has 0 saturated heterocycles. The first-order valence-corrected chi connectivity index (χ1v) is 6.04. The third kappa shape index (κ3) is 2.28. The molecule has 0 aliphatic heterocycles. The second-order valence-electron chi connectivity index (χ2n) is 5.79. The molecule has 0 atom stereocenters. The monoisotopic (exact) mass is 232 g/mol. The molecule has 1 aromatic carbocycles. The summed E-state index contributed by atoms with van der Waals surface area (Å²) in [5.74, 6) is 0. The summed E-state index contributed by atoms with van der Waals surface area (Å²) in [6.45, 7) is 7.37. The Hall–Kier alpha value is -1.51. The van der Waals surface area contributed by atoms with Crippen LogP contribution < -0.4 is 5.69 Å². The summed E-state index contributed by atoms with van der Waals surface area (Å²) in [5.41, 5.74) is 2.36. The zero-order valence-corrected chi connectivity index (χ0v) is 11.0. The van der Waals surface area contributed by atoms with Crippen LogP contribution in [0.15, 0.2) is 29.1 Å². The van der Waals surface area contributed by atoms with Crippen LogP contribution >= 0.6 is 0 Å². The van der Waals surface area contributed by atoms with Crippen molar-refractivity contribution in [3.8, 4) is 0 Å². The lowest BCUT2D eigenvalue weighted by atomic mass is 9.92. The molecule has 1 aromatic heterocycles. The number of aromatic nitrogens is 2. The number of aryl methyl sites for hydroxylation is 2. The second-order valence-corrected chi connectivity index (χ2v) is 5.79. The Morgan fingerprint density at radius 2 is 1.71 bits per heavy atom. The van der Waals surface area contributed by atoms with Gasteiger partial charge in [-0.15, -0.1) is 0 Å². The standard InChI is InChI=1S/C14H20N2O/c1-14(2,3)9-10-16-12-8-6-5-7-11(12)15(4)13(16)17/h5-8H,9-10H2,1-4H3. The summed E-state index contributed by atoms with van der Waals surface area (Å²) in [4.78, 5) is 12.1. The van der Waals surface area contributed by atoms with E-state index >= 15 is 0 Å². The van der Waals surface area contributed by atoms with Gasteiger partial charge in [-0.3, -0.25) is 9.13 Å². The number of rotatable bonds is 2. The Bertz CT molecular complexity index is 584. The first-order chi connectivity index (χ1) is 7.90. The van der Waals surface area contributed by atoms with Crippen molar-refractivity contribution in [2.75, 3.05) is 0 Å². The van der Waals surface area contributed by atoms with E-state index < -0.39 is 0 Å². The number of hydrogen-bond acceptors (Lipinski definition) is 1. The molecule has 0 bridgehead atoms. The predicted molar refractivity (Wildman–Crippen MR) is 71.3 cm³/mol. The minimum atomic E-state index is 0.0791. The highest BCUT2D eigenvalue weighted by molar-refractivity contribution is 5.75. The molecule has 0 fully saturated rings. The van der Waals surface area contributed by atoms with Gasteiger partial charge in [-0.05, 0) is 24.0 Å². The summed E-state index contributed by atoms with van der Waals surface area (Å²) in [6, 6.07) is 7.95. The largest absolute Gasteiger partial charge is 0.328 e. The van der Waals surface area contributed by atoms with Crippen molar-refractivity contribution in [3.63, 3.8) is 0 Å². The summed E-state index contributed by atoms with van der Waals surface area (Å²) < 4.78 is 3.60. The van der Waals surface area contributed by atoms with Gasteiger partial charge in [0.1, 0.15) is 0 Å². The lowest BCUT2D eigenvalue weighted by molar-refractivity contribution is 0.349. The molecule has 92 valence electrons. The summed E-state index contributed by atoms with van der Waals surface area (Å²) >= 11 is 0. The van der Waals surface area contributed by atoms with Gasteiger partial charge in [0.05, 0.1) is 11.0 Å². The molecular weight excluding hydrogens is 212 g/mol. The lowest BCUT2D eigenvalue weighted by Crippen LogP contribution is -2.24. The van der Waals surface area contributed by atoms with E-state index in [2.05, 4.69) is 20.8 Å². The van der Waals surface area contributed by atoms with Gasteiger partial charge in [0.25, 0.3) is 0 Å². The van der Waals surface area contributed by atoms with E-state index in [1.165, 1.54) is 0 Å². The molecule has 2 aromatic rings. The fourth-order valence-electron chi connectivity index (χ4n) is 2.03. The van der Waals surface area contributed by atoms with Gasteiger partial charge in [0.15, 0.2) is 0 Å². The maximum atomic E-state index is 12.1. The minimum absolute atomic E-state index is 0.0791. The van der Waals surface area contributed by atoms with Crippen LogP contribution in [0.3, 0.4) is 0 Å². The van der Waals surface area contributed by atoms with Crippen molar-refractivity contribution in [2.24, 2.45) is 12.5 Å². The molecular formula is C14H20N2O. The second kappa shape index (κ2) is 4.06. The van der Waals surface area contributed by atoms with Crippen LogP contribution in [0, 0.1) is 5.41 Å². The fourth-order valence-corrected chi connectivity index (χ4v) is 2.03. The van der Waals surface area contributed by atoms with Crippen molar-refractivity contribution in [3.05, 3.63) is 34.7 Å². The van der Waals surface area contributed by atoms with Crippen molar-refractivity contribution in [1.29, 1.82) is 0 Å². The third-order valence-corrected chi connectivity index (χ3v) is 3.14. The molecule has 0 unspecified atom stereocenters. The lowest BCUT2D eigenvalue weighted by Gasteiger charge is -2.17. The van der Waals surface area contributed by atoms with E-state index in [1.54, 1.807) is 4.57 Å². The van der Waals surface area contributed by atoms with Crippen molar-refractivity contribution >= 4 is 11.0 Å². The maximum absolute atomic E-state index is 12.1. The van der Waals surface area contributed by atoms with Gasteiger partial charge in [0, 0.05) is 13.6 Å². The van der Waals surface area contributed by atoms with E-state index in [0.29, 0.717) is 0 Å². The first-order valence-electron chi connectivity index (χ1n) is 6.04. The first kappa shape index (κ1) is 12.0. The van der Waals surface area contributed by atoms with Crippen LogP contribution in [0.1, 0.15) is 27.2 Å². The SMILES string of the molecule is Cn1c(=O)n(CCC(C)(C)C)c2ccccc21. The zero-order chi connectivity index (χ0) is 12.6. The molecule has 0 spiro atoms. The highest BCUT2D eigenvalue weighted by Crippen LogP contribution is 2.20. The van der Waals surface area contributed by atoms with E-state index in [-0.39, 0.29) is 11.1 Å². The quantitative estimate of drug-likeness (QED) is 0.782. The Kier molecular flexibility index (Phi) is 2.86. The minimum Gasteiger partial charge on any atom is -0.295 e. The van der Waals surface area contributed by atoms with Crippen LogP contribution in [0.25, 0.3) is 11.0 Å². The topological polar surface area (TPSA) is 26.9 Å². The normalized spacial score (nSPS) is 12.2. The average Bonchev–Trinajstić information content (AvgIpc) is 2.49. The Morgan fingerprint density at radius 1 is 1.12 bits per heavy atom. The molecule has 1 heterocycles. The van der Waals surface area contributed by atoms with Crippen LogP contribution in [0.2, 0.25) is 0 Å². The molecule has 3 nitrogen and oxygen atoms in total.